The van der Waals surface area contributed by atoms with Gasteiger partial charge in [0.1, 0.15) is 5.56 Å². The number of aromatic nitrogens is 2. The molecule has 184 valence electrons. The summed E-state index contributed by atoms with van der Waals surface area (Å²) in [5, 5.41) is 3.99. The molecule has 0 radical (unpaired) electrons. The monoisotopic (exact) mass is 481 g/mol. The van der Waals surface area contributed by atoms with Gasteiger partial charge in [0, 0.05) is 48.7 Å². The summed E-state index contributed by atoms with van der Waals surface area (Å²) >= 11 is 0. The first-order valence-corrected chi connectivity index (χ1v) is 12.6. The molecule has 1 amide bonds. The van der Waals surface area contributed by atoms with Crippen molar-refractivity contribution in [3.05, 3.63) is 111 Å². The molecule has 0 saturated carbocycles. The average molecular weight is 482 g/mol. The summed E-state index contributed by atoms with van der Waals surface area (Å²) in [6, 6.07) is 21.6. The molecule has 0 bridgehead atoms. The lowest BCUT2D eigenvalue weighted by molar-refractivity contribution is 0.0925. The number of hydrogen-bond donors (Lipinski definition) is 1. The molecule has 6 heteroatoms. The van der Waals surface area contributed by atoms with Crippen LogP contribution in [-0.4, -0.2) is 28.2 Å². The molecule has 2 aromatic heterocycles. The van der Waals surface area contributed by atoms with Crippen LogP contribution >= 0.6 is 0 Å². The number of pyridine rings is 2. The standard InChI is InChI=1S/C30H31N3O3/c1-21-16-28(34)29(30(35)32-19-23-17-24-10-5-6-12-26(24)31-18-23)27(14-13-22-8-3-2-4-9-22)33(21)20-25-11-7-15-36-25/h2-6,8-10,12,16-18,25H,7,11,13-15,19-20H2,1H3,(H,32,35)/t25-/m0/s1. The summed E-state index contributed by atoms with van der Waals surface area (Å²) in [7, 11) is 0. The van der Waals surface area contributed by atoms with Crippen molar-refractivity contribution in [2.45, 2.75) is 51.8 Å². The van der Waals surface area contributed by atoms with E-state index in [0.29, 0.717) is 19.5 Å². The Morgan fingerprint density at radius 2 is 1.86 bits per heavy atom. The minimum Gasteiger partial charge on any atom is -0.376 e. The molecule has 1 aliphatic rings. The Morgan fingerprint density at radius 3 is 2.67 bits per heavy atom. The van der Waals surface area contributed by atoms with Crippen LogP contribution < -0.4 is 10.7 Å². The second kappa shape index (κ2) is 10.9. The topological polar surface area (TPSA) is 73.2 Å². The molecule has 0 spiro atoms. The van der Waals surface area contributed by atoms with Crippen molar-refractivity contribution in [1.29, 1.82) is 0 Å². The van der Waals surface area contributed by atoms with Gasteiger partial charge in [-0.05, 0) is 55.9 Å². The Balaban J connectivity index is 1.44. The van der Waals surface area contributed by atoms with Gasteiger partial charge < -0.3 is 14.6 Å². The number of aryl methyl sites for hydroxylation is 2. The molecule has 3 heterocycles. The van der Waals surface area contributed by atoms with Crippen LogP contribution in [0.4, 0.5) is 0 Å². The van der Waals surface area contributed by atoms with Gasteiger partial charge >= 0.3 is 0 Å². The third-order valence-corrected chi connectivity index (χ3v) is 6.86. The highest BCUT2D eigenvalue weighted by Crippen LogP contribution is 2.20. The Kier molecular flexibility index (Phi) is 7.23. The highest BCUT2D eigenvalue weighted by Gasteiger charge is 2.23. The number of carbonyl (C=O) groups excluding carboxylic acids is 1. The molecular weight excluding hydrogens is 450 g/mol. The van der Waals surface area contributed by atoms with Gasteiger partial charge in [-0.25, -0.2) is 0 Å². The fraction of sp³-hybridized carbons (Fsp3) is 0.300. The summed E-state index contributed by atoms with van der Waals surface area (Å²) in [5.41, 5.74) is 4.58. The third kappa shape index (κ3) is 5.39. The van der Waals surface area contributed by atoms with Crippen molar-refractivity contribution in [2.75, 3.05) is 6.61 Å². The van der Waals surface area contributed by atoms with Crippen molar-refractivity contribution >= 4 is 16.8 Å². The Hall–Kier alpha value is -3.77. The van der Waals surface area contributed by atoms with Crippen LogP contribution in [0.25, 0.3) is 10.9 Å². The van der Waals surface area contributed by atoms with E-state index < -0.39 is 0 Å². The molecule has 5 rings (SSSR count). The lowest BCUT2D eigenvalue weighted by Crippen LogP contribution is -2.34. The molecule has 1 fully saturated rings. The van der Waals surface area contributed by atoms with Gasteiger partial charge in [-0.15, -0.1) is 0 Å². The number of para-hydroxylation sites is 1. The first kappa shape index (κ1) is 23.9. The predicted octanol–water partition coefficient (Wildman–Crippen LogP) is 4.60. The van der Waals surface area contributed by atoms with Crippen molar-refractivity contribution in [3.63, 3.8) is 0 Å². The minimum absolute atomic E-state index is 0.0984. The molecule has 1 saturated heterocycles. The fourth-order valence-corrected chi connectivity index (χ4v) is 4.97. The predicted molar refractivity (Wildman–Crippen MR) is 141 cm³/mol. The van der Waals surface area contributed by atoms with E-state index in [2.05, 4.69) is 27.0 Å². The molecule has 6 nitrogen and oxygen atoms in total. The average Bonchev–Trinajstić information content (AvgIpc) is 3.41. The van der Waals surface area contributed by atoms with Crippen molar-refractivity contribution in [3.8, 4) is 0 Å². The molecule has 1 atom stereocenters. The van der Waals surface area contributed by atoms with E-state index in [4.69, 9.17) is 4.74 Å². The van der Waals surface area contributed by atoms with E-state index in [9.17, 15) is 9.59 Å². The van der Waals surface area contributed by atoms with Gasteiger partial charge in [-0.2, -0.15) is 0 Å². The lowest BCUT2D eigenvalue weighted by atomic mass is 10.0. The molecule has 1 N–H and O–H groups in total. The lowest BCUT2D eigenvalue weighted by Gasteiger charge is -2.22. The number of nitrogens with one attached hydrogen (secondary N) is 1. The van der Waals surface area contributed by atoms with E-state index in [1.807, 2.05) is 55.5 Å². The zero-order valence-corrected chi connectivity index (χ0v) is 20.6. The molecule has 0 unspecified atom stereocenters. The van der Waals surface area contributed by atoms with Gasteiger partial charge in [0.15, 0.2) is 5.43 Å². The van der Waals surface area contributed by atoms with E-state index in [-0.39, 0.29) is 23.0 Å². The maximum absolute atomic E-state index is 13.5. The summed E-state index contributed by atoms with van der Waals surface area (Å²) < 4.78 is 8.01. The first-order valence-electron chi connectivity index (χ1n) is 12.6. The second-order valence-corrected chi connectivity index (χ2v) is 9.42. The van der Waals surface area contributed by atoms with Crippen LogP contribution in [0.2, 0.25) is 0 Å². The Morgan fingerprint density at radius 1 is 1.06 bits per heavy atom. The van der Waals surface area contributed by atoms with Gasteiger partial charge in [-0.3, -0.25) is 14.6 Å². The van der Waals surface area contributed by atoms with Crippen LogP contribution in [0.3, 0.4) is 0 Å². The van der Waals surface area contributed by atoms with Crippen molar-refractivity contribution < 1.29 is 9.53 Å². The normalized spacial score (nSPS) is 15.3. The number of hydrogen-bond acceptors (Lipinski definition) is 4. The number of fused-ring (bicyclic) bond motifs is 1. The fourth-order valence-electron chi connectivity index (χ4n) is 4.97. The Labute approximate surface area is 211 Å². The molecule has 4 aromatic rings. The van der Waals surface area contributed by atoms with E-state index in [0.717, 1.165) is 53.7 Å². The quantitative estimate of drug-likeness (QED) is 0.399. The van der Waals surface area contributed by atoms with Gasteiger partial charge in [0.2, 0.25) is 0 Å². The van der Waals surface area contributed by atoms with E-state index in [1.165, 1.54) is 5.56 Å². The zero-order chi connectivity index (χ0) is 24.9. The number of rotatable bonds is 8. The smallest absolute Gasteiger partial charge is 0.257 e. The van der Waals surface area contributed by atoms with Crippen LogP contribution in [0.1, 0.15) is 45.7 Å². The van der Waals surface area contributed by atoms with Gasteiger partial charge in [0.05, 0.1) is 11.6 Å². The zero-order valence-electron chi connectivity index (χ0n) is 20.6. The van der Waals surface area contributed by atoms with Crippen LogP contribution in [0.5, 0.6) is 0 Å². The molecule has 1 aliphatic heterocycles. The summed E-state index contributed by atoms with van der Waals surface area (Å²) in [6.45, 7) is 3.64. The second-order valence-electron chi connectivity index (χ2n) is 9.42. The van der Waals surface area contributed by atoms with Crippen LogP contribution in [0, 0.1) is 6.92 Å². The molecule has 36 heavy (non-hydrogen) atoms. The maximum atomic E-state index is 13.5. The van der Waals surface area contributed by atoms with E-state index >= 15 is 0 Å². The number of benzene rings is 2. The summed E-state index contributed by atoms with van der Waals surface area (Å²) in [5.74, 6) is -0.350. The van der Waals surface area contributed by atoms with Crippen LogP contribution in [0.15, 0.2) is 77.7 Å². The van der Waals surface area contributed by atoms with Crippen LogP contribution in [-0.2, 0) is 30.7 Å². The van der Waals surface area contributed by atoms with Crippen molar-refractivity contribution in [2.24, 2.45) is 0 Å². The summed E-state index contributed by atoms with van der Waals surface area (Å²) in [6.07, 6.45) is 5.22. The number of amides is 1. The van der Waals surface area contributed by atoms with E-state index in [1.54, 1.807) is 12.3 Å². The minimum atomic E-state index is -0.350. The highest BCUT2D eigenvalue weighted by atomic mass is 16.5. The SMILES string of the molecule is Cc1cc(=O)c(C(=O)NCc2cnc3ccccc3c2)c(CCc2ccccc2)n1C[C@@H]1CCCO1. The third-order valence-electron chi connectivity index (χ3n) is 6.86. The molecular formula is C30H31N3O3. The van der Waals surface area contributed by atoms with Crippen molar-refractivity contribution in [1.82, 2.24) is 14.9 Å². The maximum Gasteiger partial charge on any atom is 0.257 e. The first-order chi connectivity index (χ1) is 17.6. The van der Waals surface area contributed by atoms with Gasteiger partial charge in [0.25, 0.3) is 5.91 Å². The number of carbonyl (C=O) groups is 1. The largest absolute Gasteiger partial charge is 0.376 e. The van der Waals surface area contributed by atoms with Gasteiger partial charge in [-0.1, -0.05) is 48.5 Å². The Bertz CT molecular complexity index is 1420. The molecule has 0 aliphatic carbocycles. The number of nitrogens with zero attached hydrogens (tertiary/aromatic N) is 2. The number of ether oxygens (including phenoxy) is 1. The molecule has 2 aromatic carbocycles. The summed E-state index contributed by atoms with van der Waals surface area (Å²) in [4.78, 5) is 31.1. The highest BCUT2D eigenvalue weighted by molar-refractivity contribution is 5.95.